The average molecular weight is 377 g/mol. The lowest BCUT2D eigenvalue weighted by Gasteiger charge is -2.31. The van der Waals surface area contributed by atoms with Crippen molar-refractivity contribution < 1.29 is 17.7 Å². The van der Waals surface area contributed by atoms with Crippen molar-refractivity contribution >= 4 is 27.5 Å². The Hall–Kier alpha value is -1.29. The molecular formula is C19H28O4Si2. The molecule has 2 aromatic rings. The second kappa shape index (κ2) is 9.42. The molecule has 0 radical (unpaired) electrons. The maximum absolute atomic E-state index is 5.91. The molecule has 0 bridgehead atoms. The van der Waals surface area contributed by atoms with E-state index >= 15 is 0 Å². The summed E-state index contributed by atoms with van der Waals surface area (Å²) in [6.07, 6.45) is 0.922. The largest absolute Gasteiger partial charge is 0.394 e. The highest BCUT2D eigenvalue weighted by molar-refractivity contribution is 6.82. The first-order valence-corrected chi connectivity index (χ1v) is 12.5. The van der Waals surface area contributed by atoms with E-state index in [9.17, 15) is 0 Å². The Labute approximate surface area is 153 Å². The average Bonchev–Trinajstić information content (AvgIpc) is 2.70. The molecule has 0 saturated carbocycles. The van der Waals surface area contributed by atoms with Gasteiger partial charge in [-0.25, -0.2) is 0 Å². The summed E-state index contributed by atoms with van der Waals surface area (Å²) in [6.45, 7) is 0. The number of hydrogen-bond acceptors (Lipinski definition) is 4. The van der Waals surface area contributed by atoms with Gasteiger partial charge in [-0.1, -0.05) is 60.7 Å². The topological polar surface area (TPSA) is 36.9 Å². The van der Waals surface area contributed by atoms with Crippen LogP contribution in [-0.4, -0.2) is 45.6 Å². The molecule has 0 spiro atoms. The van der Waals surface area contributed by atoms with Crippen LogP contribution in [0.5, 0.6) is 0 Å². The van der Waals surface area contributed by atoms with Crippen molar-refractivity contribution in [2.45, 2.75) is 18.5 Å². The molecular weight excluding hydrogens is 348 g/mol. The molecule has 136 valence electrons. The molecule has 4 nitrogen and oxygen atoms in total. The van der Waals surface area contributed by atoms with E-state index < -0.39 is 17.1 Å². The van der Waals surface area contributed by atoms with Crippen molar-refractivity contribution in [3.63, 3.8) is 0 Å². The van der Waals surface area contributed by atoms with Crippen LogP contribution >= 0.6 is 0 Å². The second-order valence-electron chi connectivity index (χ2n) is 5.91. The van der Waals surface area contributed by atoms with Gasteiger partial charge in [0, 0.05) is 28.4 Å². The van der Waals surface area contributed by atoms with Crippen LogP contribution in [0.2, 0.25) is 12.1 Å². The molecule has 0 amide bonds. The van der Waals surface area contributed by atoms with E-state index in [-0.39, 0.29) is 0 Å². The lowest BCUT2D eigenvalue weighted by Crippen LogP contribution is -2.54. The van der Waals surface area contributed by atoms with Crippen molar-refractivity contribution in [2.75, 3.05) is 28.4 Å². The van der Waals surface area contributed by atoms with Crippen LogP contribution in [-0.2, 0) is 17.7 Å². The Morgan fingerprint density at radius 1 is 0.560 bits per heavy atom. The van der Waals surface area contributed by atoms with Crippen LogP contribution in [0.1, 0.15) is 6.42 Å². The zero-order valence-corrected chi connectivity index (χ0v) is 17.5. The van der Waals surface area contributed by atoms with E-state index in [2.05, 4.69) is 24.3 Å². The molecule has 2 aromatic carbocycles. The first-order chi connectivity index (χ1) is 12.2. The lowest BCUT2D eigenvalue weighted by molar-refractivity contribution is 0.249. The predicted molar refractivity (Wildman–Crippen MR) is 106 cm³/mol. The molecule has 25 heavy (non-hydrogen) atoms. The van der Waals surface area contributed by atoms with Gasteiger partial charge in [0.25, 0.3) is 0 Å². The van der Waals surface area contributed by atoms with Gasteiger partial charge in [0.15, 0.2) is 0 Å². The molecule has 2 rings (SSSR count). The maximum atomic E-state index is 5.91. The highest BCUT2D eigenvalue weighted by atomic mass is 28.4. The summed E-state index contributed by atoms with van der Waals surface area (Å²) in [5.74, 6) is 0. The van der Waals surface area contributed by atoms with Gasteiger partial charge in [-0.3, -0.25) is 0 Å². The van der Waals surface area contributed by atoms with Gasteiger partial charge in [-0.15, -0.1) is 0 Å². The number of rotatable bonds is 10. The second-order valence-corrected chi connectivity index (χ2v) is 12.7. The molecule has 0 N–H and O–H groups in total. The molecule has 0 aliphatic heterocycles. The fourth-order valence-electron chi connectivity index (χ4n) is 3.27. The minimum absolute atomic E-state index is 0.859. The summed E-state index contributed by atoms with van der Waals surface area (Å²) in [5.41, 5.74) is 0. The van der Waals surface area contributed by atoms with E-state index in [1.54, 1.807) is 28.4 Å². The van der Waals surface area contributed by atoms with Crippen LogP contribution in [0.25, 0.3) is 0 Å². The Bertz CT molecular complexity index is 558. The highest BCUT2D eigenvalue weighted by Crippen LogP contribution is 2.22. The molecule has 0 aliphatic carbocycles. The first-order valence-electron chi connectivity index (χ1n) is 8.48. The summed E-state index contributed by atoms with van der Waals surface area (Å²) in [4.78, 5) is 0. The summed E-state index contributed by atoms with van der Waals surface area (Å²) < 4.78 is 23.6. The summed E-state index contributed by atoms with van der Waals surface area (Å²) in [6, 6.07) is 22.2. The van der Waals surface area contributed by atoms with Crippen LogP contribution in [0, 0.1) is 0 Å². The Morgan fingerprint density at radius 3 is 1.16 bits per heavy atom. The van der Waals surface area contributed by atoms with Crippen molar-refractivity contribution in [1.82, 2.24) is 0 Å². The van der Waals surface area contributed by atoms with E-state index in [1.807, 2.05) is 36.4 Å². The van der Waals surface area contributed by atoms with Gasteiger partial charge in [0.1, 0.15) is 0 Å². The lowest BCUT2D eigenvalue weighted by atomic mass is 10.4. The number of benzene rings is 2. The number of hydrogen-bond donors (Lipinski definition) is 0. The Kier molecular flexibility index (Phi) is 7.55. The minimum Gasteiger partial charge on any atom is -0.394 e. The van der Waals surface area contributed by atoms with E-state index in [1.165, 1.54) is 0 Å². The first kappa shape index (κ1) is 20.0. The van der Waals surface area contributed by atoms with E-state index in [4.69, 9.17) is 17.7 Å². The van der Waals surface area contributed by atoms with E-state index in [0.717, 1.165) is 28.9 Å². The molecule has 0 unspecified atom stereocenters. The quantitative estimate of drug-likeness (QED) is 0.598. The van der Waals surface area contributed by atoms with Crippen LogP contribution in [0.3, 0.4) is 0 Å². The SMILES string of the molecule is CO[Si](CCC[Si](OC)(OC)c1ccccc1)(OC)c1ccccc1. The monoisotopic (exact) mass is 376 g/mol. The molecule has 0 atom stereocenters. The van der Waals surface area contributed by atoms with Crippen molar-refractivity contribution in [1.29, 1.82) is 0 Å². The summed E-state index contributed by atoms with van der Waals surface area (Å²) >= 11 is 0. The van der Waals surface area contributed by atoms with Gasteiger partial charge in [0.05, 0.1) is 0 Å². The molecule has 0 heterocycles. The van der Waals surface area contributed by atoms with Gasteiger partial charge in [-0.05, 0) is 28.9 Å². The smallest absolute Gasteiger partial charge is 0.371 e. The third kappa shape index (κ3) is 4.47. The van der Waals surface area contributed by atoms with Gasteiger partial charge in [0.2, 0.25) is 0 Å². The standard InChI is InChI=1S/C19H28O4Si2/c1-20-24(21-2,18-12-7-5-8-13-18)16-11-17-25(22-3,23-4)19-14-9-6-10-15-19/h5-10,12-15H,11,16-17H2,1-4H3. The minimum atomic E-state index is -2.43. The van der Waals surface area contributed by atoms with Crippen LogP contribution < -0.4 is 10.4 Å². The molecule has 0 fully saturated rings. The van der Waals surface area contributed by atoms with Gasteiger partial charge >= 0.3 is 17.1 Å². The molecule has 0 saturated heterocycles. The zero-order valence-electron chi connectivity index (χ0n) is 15.5. The van der Waals surface area contributed by atoms with Crippen molar-refractivity contribution in [3.05, 3.63) is 60.7 Å². The van der Waals surface area contributed by atoms with Gasteiger partial charge in [-0.2, -0.15) is 0 Å². The maximum Gasteiger partial charge on any atom is 0.371 e. The molecule has 0 aliphatic rings. The summed E-state index contributed by atoms with van der Waals surface area (Å²) in [5, 5.41) is 2.31. The third-order valence-corrected chi connectivity index (χ3v) is 11.8. The third-order valence-electron chi connectivity index (χ3n) is 4.76. The van der Waals surface area contributed by atoms with E-state index in [0.29, 0.717) is 0 Å². The normalized spacial score (nSPS) is 12.3. The van der Waals surface area contributed by atoms with Gasteiger partial charge < -0.3 is 17.7 Å². The fraction of sp³-hybridized carbons (Fsp3) is 0.368. The molecule has 6 heteroatoms. The predicted octanol–water partition coefficient (Wildman–Crippen LogP) is 2.66. The zero-order chi connectivity index (χ0) is 18.2. The highest BCUT2D eigenvalue weighted by Gasteiger charge is 2.42. The van der Waals surface area contributed by atoms with Crippen molar-refractivity contribution in [3.8, 4) is 0 Å². The Morgan fingerprint density at radius 2 is 0.880 bits per heavy atom. The van der Waals surface area contributed by atoms with Crippen LogP contribution in [0.4, 0.5) is 0 Å². The van der Waals surface area contributed by atoms with Crippen LogP contribution in [0.15, 0.2) is 60.7 Å². The van der Waals surface area contributed by atoms with Crippen molar-refractivity contribution in [2.24, 2.45) is 0 Å². The Balaban J connectivity index is 2.15. The summed E-state index contributed by atoms with van der Waals surface area (Å²) in [7, 11) is 2.12. The fourth-order valence-corrected chi connectivity index (χ4v) is 8.98. The molecule has 0 aromatic heterocycles.